The number of aliphatic hydroxyl groups excluding tert-OH is 1. The summed E-state index contributed by atoms with van der Waals surface area (Å²) in [6, 6.07) is 14.5. The number of ether oxygens (including phenoxy) is 1. The molecule has 1 aliphatic heterocycles. The second-order valence-electron chi connectivity index (χ2n) is 12.2. The Labute approximate surface area is 242 Å². The van der Waals surface area contributed by atoms with Crippen molar-refractivity contribution in [2.45, 2.75) is 82.9 Å². The number of carbonyl (C=O) groups excluding carboxylic acids is 3. The van der Waals surface area contributed by atoms with Gasteiger partial charge in [-0.2, -0.15) is 0 Å². The average Bonchev–Trinajstić information content (AvgIpc) is 3.61. The van der Waals surface area contributed by atoms with Gasteiger partial charge in [0.05, 0.1) is 19.3 Å². The zero-order valence-electron chi connectivity index (χ0n) is 24.2. The van der Waals surface area contributed by atoms with Crippen LogP contribution < -0.4 is 20.3 Å². The SMILES string of the molecule is COc1cc(C(=O)NC(Cc2ccccc2)[C@@H](O)C[C@@H](C)C(=O)NC2CC3CCC2C3)cc(N2CCCCC2=O)c1. The molecular formula is C33H43N3O5. The number of nitrogens with one attached hydrogen (secondary N) is 2. The number of amides is 3. The Morgan fingerprint density at radius 1 is 1.10 bits per heavy atom. The predicted octanol–water partition coefficient (Wildman–Crippen LogP) is 4.25. The van der Waals surface area contributed by atoms with E-state index in [4.69, 9.17) is 4.74 Å². The number of methoxy groups -OCH3 is 1. The maximum absolute atomic E-state index is 13.6. The van der Waals surface area contributed by atoms with Crippen molar-refractivity contribution in [3.05, 3.63) is 59.7 Å². The standard InChI is InChI=1S/C33H43N3O5/c1-21(32(39)34-28-17-23-11-12-24(28)15-23)14-30(37)29(16-22-8-4-3-5-9-22)35-33(40)25-18-26(20-27(19-25)41-2)36-13-7-6-10-31(36)38/h3-5,8-9,18-21,23-24,28-30,37H,6-7,10-17H2,1-2H3,(H,34,39)(H,35,40)/t21-,23?,24?,28?,29?,30+/m1/s1. The monoisotopic (exact) mass is 561 g/mol. The molecule has 5 rings (SSSR count). The molecule has 6 atom stereocenters. The van der Waals surface area contributed by atoms with E-state index in [2.05, 4.69) is 10.6 Å². The Hall–Kier alpha value is -3.39. The van der Waals surface area contributed by atoms with Gasteiger partial charge in [-0.3, -0.25) is 14.4 Å². The van der Waals surface area contributed by atoms with Crippen molar-refractivity contribution >= 4 is 23.4 Å². The van der Waals surface area contributed by atoms with Crippen LogP contribution in [0.25, 0.3) is 0 Å². The number of fused-ring (bicyclic) bond motifs is 2. The van der Waals surface area contributed by atoms with Crippen LogP contribution in [0.5, 0.6) is 5.75 Å². The van der Waals surface area contributed by atoms with Crippen molar-refractivity contribution in [3.8, 4) is 5.75 Å². The van der Waals surface area contributed by atoms with E-state index in [1.807, 2.05) is 37.3 Å². The number of hydrogen-bond acceptors (Lipinski definition) is 5. The number of anilines is 1. The fourth-order valence-corrected chi connectivity index (χ4v) is 6.85. The summed E-state index contributed by atoms with van der Waals surface area (Å²) >= 11 is 0. The molecule has 2 aromatic rings. The molecule has 8 nitrogen and oxygen atoms in total. The van der Waals surface area contributed by atoms with Gasteiger partial charge in [-0.05, 0) is 74.5 Å². The van der Waals surface area contributed by atoms with Gasteiger partial charge in [0.25, 0.3) is 5.91 Å². The molecule has 41 heavy (non-hydrogen) atoms. The van der Waals surface area contributed by atoms with Crippen LogP contribution in [-0.4, -0.2) is 54.7 Å². The molecule has 220 valence electrons. The number of carbonyl (C=O) groups is 3. The third-order valence-corrected chi connectivity index (χ3v) is 9.21. The first-order chi connectivity index (χ1) is 19.8. The molecule has 2 aromatic carbocycles. The van der Waals surface area contributed by atoms with E-state index in [0.717, 1.165) is 30.7 Å². The van der Waals surface area contributed by atoms with E-state index in [-0.39, 0.29) is 30.2 Å². The van der Waals surface area contributed by atoms with E-state index < -0.39 is 18.1 Å². The minimum absolute atomic E-state index is 0.0324. The smallest absolute Gasteiger partial charge is 0.251 e. The summed E-state index contributed by atoms with van der Waals surface area (Å²) in [5.74, 6) is 1.04. The van der Waals surface area contributed by atoms with E-state index in [9.17, 15) is 19.5 Å². The van der Waals surface area contributed by atoms with Gasteiger partial charge in [0.2, 0.25) is 11.8 Å². The fourth-order valence-electron chi connectivity index (χ4n) is 6.85. The zero-order chi connectivity index (χ0) is 28.9. The maximum atomic E-state index is 13.6. The lowest BCUT2D eigenvalue weighted by molar-refractivity contribution is -0.126. The quantitative estimate of drug-likeness (QED) is 0.380. The fraction of sp³-hybridized carbons (Fsp3) is 0.545. The summed E-state index contributed by atoms with van der Waals surface area (Å²) in [4.78, 5) is 40.9. The number of piperidine rings is 1. The van der Waals surface area contributed by atoms with Crippen molar-refractivity contribution in [1.82, 2.24) is 10.6 Å². The van der Waals surface area contributed by atoms with Crippen molar-refractivity contribution < 1.29 is 24.2 Å². The summed E-state index contributed by atoms with van der Waals surface area (Å²) in [6.07, 6.45) is 6.70. The van der Waals surface area contributed by atoms with E-state index in [1.54, 1.807) is 23.1 Å². The van der Waals surface area contributed by atoms with Crippen LogP contribution >= 0.6 is 0 Å². The van der Waals surface area contributed by atoms with Gasteiger partial charge in [-0.25, -0.2) is 0 Å². The normalized spacial score (nSPS) is 24.0. The first-order valence-electron chi connectivity index (χ1n) is 15.1. The predicted molar refractivity (Wildman–Crippen MR) is 158 cm³/mol. The van der Waals surface area contributed by atoms with Gasteiger partial charge >= 0.3 is 0 Å². The van der Waals surface area contributed by atoms with Gasteiger partial charge in [0.1, 0.15) is 5.75 Å². The second-order valence-corrected chi connectivity index (χ2v) is 12.2. The van der Waals surface area contributed by atoms with Crippen LogP contribution in [0.3, 0.4) is 0 Å². The Balaban J connectivity index is 1.29. The lowest BCUT2D eigenvalue weighted by atomic mass is 9.91. The molecule has 0 spiro atoms. The molecular weight excluding hydrogens is 518 g/mol. The number of benzene rings is 2. The molecule has 1 heterocycles. The number of rotatable bonds is 11. The molecule has 3 fully saturated rings. The lowest BCUT2D eigenvalue weighted by Crippen LogP contribution is -2.47. The summed E-state index contributed by atoms with van der Waals surface area (Å²) < 4.78 is 5.46. The Kier molecular flexibility index (Phi) is 9.28. The highest BCUT2D eigenvalue weighted by molar-refractivity contribution is 5.99. The van der Waals surface area contributed by atoms with Crippen LogP contribution in [0.2, 0.25) is 0 Å². The van der Waals surface area contributed by atoms with Crippen LogP contribution in [-0.2, 0) is 16.0 Å². The molecule has 3 aliphatic rings. The van der Waals surface area contributed by atoms with Crippen LogP contribution in [0, 0.1) is 17.8 Å². The van der Waals surface area contributed by atoms with Crippen molar-refractivity contribution in [3.63, 3.8) is 0 Å². The van der Waals surface area contributed by atoms with E-state index >= 15 is 0 Å². The molecule has 0 radical (unpaired) electrons. The molecule has 3 N–H and O–H groups in total. The Morgan fingerprint density at radius 2 is 1.90 bits per heavy atom. The van der Waals surface area contributed by atoms with E-state index in [1.165, 1.54) is 26.4 Å². The molecule has 2 saturated carbocycles. The number of aliphatic hydroxyl groups is 1. The second kappa shape index (κ2) is 13.1. The highest BCUT2D eigenvalue weighted by Gasteiger charge is 2.40. The van der Waals surface area contributed by atoms with Crippen LogP contribution in [0.15, 0.2) is 48.5 Å². The lowest BCUT2D eigenvalue weighted by Gasteiger charge is -2.29. The third-order valence-electron chi connectivity index (χ3n) is 9.21. The van der Waals surface area contributed by atoms with Crippen molar-refractivity contribution in [2.24, 2.45) is 17.8 Å². The topological polar surface area (TPSA) is 108 Å². The molecule has 8 heteroatoms. The summed E-state index contributed by atoms with van der Waals surface area (Å²) in [7, 11) is 1.53. The average molecular weight is 562 g/mol. The van der Waals surface area contributed by atoms with Crippen LogP contribution in [0.1, 0.15) is 74.2 Å². The van der Waals surface area contributed by atoms with Gasteiger partial charge in [-0.15, -0.1) is 0 Å². The minimum atomic E-state index is -0.936. The Bertz CT molecular complexity index is 1230. The largest absolute Gasteiger partial charge is 0.497 e. The highest BCUT2D eigenvalue weighted by Crippen LogP contribution is 2.44. The van der Waals surface area contributed by atoms with Gasteiger partial charge in [0.15, 0.2) is 0 Å². The van der Waals surface area contributed by atoms with Crippen molar-refractivity contribution in [2.75, 3.05) is 18.6 Å². The van der Waals surface area contributed by atoms with Gasteiger partial charge in [-0.1, -0.05) is 43.7 Å². The van der Waals surface area contributed by atoms with Crippen molar-refractivity contribution in [1.29, 1.82) is 0 Å². The van der Waals surface area contributed by atoms with Crippen LogP contribution in [0.4, 0.5) is 5.69 Å². The first-order valence-corrected chi connectivity index (χ1v) is 15.1. The molecule has 2 bridgehead atoms. The first kappa shape index (κ1) is 29.1. The zero-order valence-corrected chi connectivity index (χ0v) is 24.2. The summed E-state index contributed by atoms with van der Waals surface area (Å²) in [6.45, 7) is 2.45. The molecule has 1 saturated heterocycles. The number of hydrogen-bond donors (Lipinski definition) is 3. The summed E-state index contributed by atoms with van der Waals surface area (Å²) in [5, 5.41) is 17.6. The third kappa shape index (κ3) is 7.10. The Morgan fingerprint density at radius 3 is 2.59 bits per heavy atom. The van der Waals surface area contributed by atoms with Gasteiger partial charge < -0.3 is 25.4 Å². The minimum Gasteiger partial charge on any atom is -0.497 e. The maximum Gasteiger partial charge on any atom is 0.251 e. The number of nitrogens with zero attached hydrogens (tertiary/aromatic N) is 1. The molecule has 3 amide bonds. The molecule has 4 unspecified atom stereocenters. The molecule has 2 aliphatic carbocycles. The van der Waals surface area contributed by atoms with E-state index in [0.29, 0.717) is 42.3 Å². The highest BCUT2D eigenvalue weighted by atomic mass is 16.5. The molecule has 0 aromatic heterocycles. The summed E-state index contributed by atoms with van der Waals surface area (Å²) in [5.41, 5.74) is 1.96. The van der Waals surface area contributed by atoms with Gasteiger partial charge in [0, 0.05) is 42.2 Å².